The lowest BCUT2D eigenvalue weighted by Gasteiger charge is -2.30. The molecule has 3 N–H and O–H groups in total. The predicted octanol–water partition coefficient (Wildman–Crippen LogP) is 4.49. The van der Waals surface area contributed by atoms with E-state index in [-0.39, 0.29) is 11.7 Å². The van der Waals surface area contributed by atoms with Crippen molar-refractivity contribution in [3.8, 4) is 11.5 Å². The van der Waals surface area contributed by atoms with Crippen molar-refractivity contribution in [3.63, 3.8) is 0 Å². The van der Waals surface area contributed by atoms with Crippen LogP contribution < -0.4 is 20.1 Å². The van der Waals surface area contributed by atoms with Crippen LogP contribution in [0.3, 0.4) is 0 Å². The first-order valence-electron chi connectivity index (χ1n) is 12.4. The first-order valence-corrected chi connectivity index (χ1v) is 12.4. The number of hydrogen-bond acceptors (Lipinski definition) is 8. The summed E-state index contributed by atoms with van der Waals surface area (Å²) < 4.78 is 62.2. The van der Waals surface area contributed by atoms with Gasteiger partial charge in [0.25, 0.3) is 0 Å². The number of aliphatic hydroxyl groups is 1. The SMILES string of the molecule is COc1cc2nc(C)nc(N[C@H](C)c3cccc(C(F)(F)C(C)(C)O)c3F)c2cc1OC[C@@H]1CNCCO1. The maximum Gasteiger partial charge on any atom is 0.303 e. The largest absolute Gasteiger partial charge is 0.493 e. The number of methoxy groups -OCH3 is 1. The molecule has 0 unspecified atom stereocenters. The maximum absolute atomic E-state index is 15.4. The fourth-order valence-electron chi connectivity index (χ4n) is 4.28. The summed E-state index contributed by atoms with van der Waals surface area (Å²) in [5.74, 6) is -3.14. The fraction of sp³-hybridized carbons (Fsp3) is 0.481. The van der Waals surface area contributed by atoms with Gasteiger partial charge < -0.3 is 30.0 Å². The molecule has 0 amide bonds. The molecule has 0 aliphatic carbocycles. The molecule has 1 fully saturated rings. The standard InChI is InChI=1S/C27H33F3N4O4/c1-15(18-7-6-8-20(24(18)28)27(29,30)26(3,4)35)32-25-19-11-23(38-14-17-13-31-9-10-37-17)22(36-5)12-21(19)33-16(2)34-25/h6-8,11-12,15,17,31,35H,9-10,13-14H2,1-5H3,(H,32,33,34)/t15-,17+/m1/s1. The molecule has 0 saturated carbocycles. The third-order valence-electron chi connectivity index (χ3n) is 6.48. The zero-order valence-corrected chi connectivity index (χ0v) is 22.1. The van der Waals surface area contributed by atoms with Crippen LogP contribution in [0.25, 0.3) is 10.9 Å². The molecule has 1 aliphatic heterocycles. The van der Waals surface area contributed by atoms with Gasteiger partial charge in [0.2, 0.25) is 0 Å². The number of fused-ring (bicyclic) bond motifs is 1. The number of halogens is 3. The second kappa shape index (κ2) is 10.9. The van der Waals surface area contributed by atoms with Gasteiger partial charge >= 0.3 is 5.92 Å². The highest BCUT2D eigenvalue weighted by Gasteiger charge is 2.49. The van der Waals surface area contributed by atoms with E-state index in [9.17, 15) is 13.9 Å². The highest BCUT2D eigenvalue weighted by atomic mass is 19.3. The summed E-state index contributed by atoms with van der Waals surface area (Å²) in [5, 5.41) is 16.9. The number of morpholine rings is 1. The Balaban J connectivity index is 1.67. The van der Waals surface area contributed by atoms with E-state index in [2.05, 4.69) is 20.6 Å². The van der Waals surface area contributed by atoms with Crippen LogP contribution in [0.4, 0.5) is 19.0 Å². The quantitative estimate of drug-likeness (QED) is 0.370. The van der Waals surface area contributed by atoms with Gasteiger partial charge in [-0.1, -0.05) is 12.1 Å². The number of aryl methyl sites for hydroxylation is 1. The summed E-state index contributed by atoms with van der Waals surface area (Å²) in [6.07, 6.45) is -0.117. The molecule has 0 radical (unpaired) electrons. The van der Waals surface area contributed by atoms with E-state index in [1.165, 1.54) is 19.2 Å². The fourth-order valence-corrected chi connectivity index (χ4v) is 4.28. The van der Waals surface area contributed by atoms with Crippen molar-refractivity contribution >= 4 is 16.7 Å². The number of alkyl halides is 2. The Morgan fingerprint density at radius 1 is 1.24 bits per heavy atom. The minimum Gasteiger partial charge on any atom is -0.493 e. The summed E-state index contributed by atoms with van der Waals surface area (Å²) >= 11 is 0. The van der Waals surface area contributed by atoms with Crippen molar-refractivity contribution in [1.82, 2.24) is 15.3 Å². The van der Waals surface area contributed by atoms with Gasteiger partial charge in [-0.15, -0.1) is 0 Å². The Kier molecular flexibility index (Phi) is 8.01. The lowest BCUT2D eigenvalue weighted by Crippen LogP contribution is -2.41. The van der Waals surface area contributed by atoms with Gasteiger partial charge in [0.05, 0.1) is 30.8 Å². The van der Waals surface area contributed by atoms with Gasteiger partial charge in [-0.2, -0.15) is 8.78 Å². The summed E-state index contributed by atoms with van der Waals surface area (Å²) in [7, 11) is 1.53. The lowest BCUT2D eigenvalue weighted by molar-refractivity contribution is -0.170. The number of rotatable bonds is 9. The second-order valence-corrected chi connectivity index (χ2v) is 9.86. The highest BCUT2D eigenvalue weighted by Crippen LogP contribution is 2.42. The highest BCUT2D eigenvalue weighted by molar-refractivity contribution is 5.92. The van der Waals surface area contributed by atoms with Gasteiger partial charge in [-0.3, -0.25) is 0 Å². The first kappa shape index (κ1) is 27.9. The molecule has 11 heteroatoms. The molecular formula is C27H33F3N4O4. The molecular weight excluding hydrogens is 501 g/mol. The van der Waals surface area contributed by atoms with Crippen LogP contribution in [0, 0.1) is 12.7 Å². The van der Waals surface area contributed by atoms with Crippen LogP contribution in [-0.2, 0) is 10.7 Å². The van der Waals surface area contributed by atoms with Crippen molar-refractivity contribution in [2.24, 2.45) is 0 Å². The minimum atomic E-state index is -3.80. The predicted molar refractivity (Wildman–Crippen MR) is 138 cm³/mol. The van der Waals surface area contributed by atoms with Crippen LogP contribution >= 0.6 is 0 Å². The Hall–Kier alpha value is -3.15. The van der Waals surface area contributed by atoms with E-state index in [0.717, 1.165) is 26.5 Å². The molecule has 2 atom stereocenters. The molecule has 3 aromatic rings. The number of nitrogens with zero attached hydrogens (tertiary/aromatic N) is 2. The third-order valence-corrected chi connectivity index (χ3v) is 6.48. The smallest absolute Gasteiger partial charge is 0.303 e. The Labute approximate surface area is 219 Å². The summed E-state index contributed by atoms with van der Waals surface area (Å²) in [6.45, 7) is 7.60. The van der Waals surface area contributed by atoms with Crippen molar-refractivity contribution < 1.29 is 32.5 Å². The van der Waals surface area contributed by atoms with E-state index < -0.39 is 28.9 Å². The first-order chi connectivity index (χ1) is 17.9. The van der Waals surface area contributed by atoms with Crippen molar-refractivity contribution in [3.05, 3.63) is 53.1 Å². The number of aromatic nitrogens is 2. The molecule has 1 saturated heterocycles. The van der Waals surface area contributed by atoms with Gasteiger partial charge in [0.15, 0.2) is 11.5 Å². The molecule has 38 heavy (non-hydrogen) atoms. The number of ether oxygens (including phenoxy) is 3. The van der Waals surface area contributed by atoms with Crippen LogP contribution in [-0.4, -0.2) is 60.2 Å². The van der Waals surface area contributed by atoms with E-state index in [4.69, 9.17) is 14.2 Å². The molecule has 0 bridgehead atoms. The van der Waals surface area contributed by atoms with Crippen LogP contribution in [0.1, 0.15) is 43.8 Å². The van der Waals surface area contributed by atoms with Crippen LogP contribution in [0.2, 0.25) is 0 Å². The molecule has 206 valence electrons. The summed E-state index contributed by atoms with van der Waals surface area (Å²) in [5.41, 5.74) is -2.76. The Morgan fingerprint density at radius 2 is 2.00 bits per heavy atom. The summed E-state index contributed by atoms with van der Waals surface area (Å²) in [4.78, 5) is 8.97. The maximum atomic E-state index is 15.4. The summed E-state index contributed by atoms with van der Waals surface area (Å²) in [6, 6.07) is 6.44. The number of nitrogens with one attached hydrogen (secondary N) is 2. The molecule has 0 spiro atoms. The topological polar surface area (TPSA) is 97.8 Å². The number of hydrogen-bond donors (Lipinski definition) is 3. The van der Waals surface area contributed by atoms with Crippen molar-refractivity contribution in [2.75, 3.05) is 38.7 Å². The lowest BCUT2D eigenvalue weighted by atomic mass is 9.91. The molecule has 2 aromatic carbocycles. The van der Waals surface area contributed by atoms with E-state index >= 15 is 4.39 Å². The van der Waals surface area contributed by atoms with Gasteiger partial charge in [0.1, 0.15) is 35.8 Å². The van der Waals surface area contributed by atoms with Crippen molar-refractivity contribution in [2.45, 2.75) is 51.4 Å². The zero-order valence-electron chi connectivity index (χ0n) is 22.1. The molecule has 1 aliphatic rings. The van der Waals surface area contributed by atoms with E-state index in [1.807, 2.05) is 0 Å². The Bertz CT molecular complexity index is 1290. The minimum absolute atomic E-state index is 0.00257. The van der Waals surface area contributed by atoms with Gasteiger partial charge in [0, 0.05) is 30.1 Å². The van der Waals surface area contributed by atoms with Crippen molar-refractivity contribution in [1.29, 1.82) is 0 Å². The van der Waals surface area contributed by atoms with Crippen LogP contribution in [0.15, 0.2) is 30.3 Å². The van der Waals surface area contributed by atoms with Gasteiger partial charge in [-0.25, -0.2) is 14.4 Å². The molecule has 4 rings (SSSR count). The second-order valence-electron chi connectivity index (χ2n) is 9.86. The van der Waals surface area contributed by atoms with E-state index in [0.29, 0.717) is 53.8 Å². The third kappa shape index (κ3) is 5.64. The Morgan fingerprint density at radius 3 is 2.66 bits per heavy atom. The normalized spacial score (nSPS) is 17.3. The average Bonchev–Trinajstić information content (AvgIpc) is 2.86. The van der Waals surface area contributed by atoms with Crippen LogP contribution in [0.5, 0.6) is 11.5 Å². The molecule has 1 aromatic heterocycles. The van der Waals surface area contributed by atoms with E-state index in [1.54, 1.807) is 26.0 Å². The monoisotopic (exact) mass is 534 g/mol. The number of anilines is 1. The zero-order chi connectivity index (χ0) is 27.7. The average molecular weight is 535 g/mol. The van der Waals surface area contributed by atoms with Gasteiger partial charge in [-0.05, 0) is 39.8 Å². The number of benzene rings is 2. The molecule has 2 heterocycles. The molecule has 8 nitrogen and oxygen atoms in total.